The Morgan fingerprint density at radius 3 is 2.63 bits per heavy atom. The van der Waals surface area contributed by atoms with Crippen LogP contribution in [0.2, 0.25) is 0 Å². The van der Waals surface area contributed by atoms with E-state index in [-0.39, 0.29) is 48.3 Å². The number of fused-ring (bicyclic) bond motifs is 1. The summed E-state index contributed by atoms with van der Waals surface area (Å²) in [6.45, 7) is 5.69. The van der Waals surface area contributed by atoms with Gasteiger partial charge in [0.2, 0.25) is 11.8 Å². The van der Waals surface area contributed by atoms with Crippen molar-refractivity contribution in [3.8, 4) is 17.0 Å². The third kappa shape index (κ3) is 5.65. The topological polar surface area (TPSA) is 92.2 Å². The second-order valence-corrected chi connectivity index (χ2v) is 9.67. The predicted molar refractivity (Wildman–Crippen MR) is 132 cm³/mol. The summed E-state index contributed by atoms with van der Waals surface area (Å²) in [6.07, 6.45) is 2.81. The molecule has 0 spiro atoms. The second-order valence-electron chi connectivity index (χ2n) is 9.67. The van der Waals surface area contributed by atoms with Crippen molar-refractivity contribution >= 4 is 11.8 Å². The number of pyridine rings is 1. The summed E-state index contributed by atoms with van der Waals surface area (Å²) in [4.78, 5) is 34.6. The first-order chi connectivity index (χ1) is 16.9. The Bertz CT molecular complexity index is 1020. The van der Waals surface area contributed by atoms with Crippen LogP contribution in [0.5, 0.6) is 5.88 Å². The molecule has 1 aromatic heterocycles. The molecule has 4 rings (SSSR count). The molecule has 1 fully saturated rings. The van der Waals surface area contributed by atoms with E-state index in [0.29, 0.717) is 31.9 Å². The number of aliphatic hydroxyl groups excluding tert-OH is 1. The highest BCUT2D eigenvalue weighted by Gasteiger charge is 2.35. The van der Waals surface area contributed by atoms with E-state index >= 15 is 0 Å². The molecule has 0 radical (unpaired) electrons. The summed E-state index contributed by atoms with van der Waals surface area (Å²) in [7, 11) is 1.80. The highest BCUT2D eigenvalue weighted by atomic mass is 16.5. The number of hydrogen-bond acceptors (Lipinski definition) is 6. The zero-order valence-electron chi connectivity index (χ0n) is 20.7. The summed E-state index contributed by atoms with van der Waals surface area (Å²) < 4.78 is 11.7. The molecule has 0 aliphatic carbocycles. The summed E-state index contributed by atoms with van der Waals surface area (Å²) in [5.41, 5.74) is 2.13. The molecule has 8 nitrogen and oxygen atoms in total. The van der Waals surface area contributed by atoms with Crippen LogP contribution in [0, 0.1) is 11.8 Å². The number of benzene rings is 1. The smallest absolute Gasteiger partial charge is 0.259 e. The van der Waals surface area contributed by atoms with Crippen molar-refractivity contribution in [2.75, 3.05) is 40.0 Å². The fourth-order valence-electron chi connectivity index (χ4n) is 4.72. The van der Waals surface area contributed by atoms with Gasteiger partial charge in [0.25, 0.3) is 5.91 Å². The first-order valence-electron chi connectivity index (χ1n) is 12.4. The van der Waals surface area contributed by atoms with Gasteiger partial charge in [0.15, 0.2) is 0 Å². The summed E-state index contributed by atoms with van der Waals surface area (Å²) in [6, 6.07) is 11.2. The van der Waals surface area contributed by atoms with Crippen LogP contribution in [0.25, 0.3) is 11.1 Å². The number of nitrogens with zero attached hydrogens (tertiary/aromatic N) is 3. The highest BCUT2D eigenvalue weighted by molar-refractivity contribution is 5.98. The number of carbonyl (C=O) groups excluding carboxylic acids is 2. The van der Waals surface area contributed by atoms with Crippen molar-refractivity contribution in [3.05, 3.63) is 48.2 Å². The van der Waals surface area contributed by atoms with Gasteiger partial charge in [0.1, 0.15) is 11.7 Å². The van der Waals surface area contributed by atoms with Gasteiger partial charge in [-0.05, 0) is 31.4 Å². The van der Waals surface area contributed by atoms with Crippen molar-refractivity contribution in [3.63, 3.8) is 0 Å². The lowest BCUT2D eigenvalue weighted by atomic mass is 9.97. The quantitative estimate of drug-likeness (QED) is 0.682. The van der Waals surface area contributed by atoms with E-state index in [2.05, 4.69) is 4.98 Å². The SMILES string of the molecule is C[C@H](CO)N1C[C@H](C)[C@@H](CN(C)C(=O)C2CCOCC2)Oc2ncc(-c3ccccc3)cc2C1=O. The molecule has 3 atom stereocenters. The van der Waals surface area contributed by atoms with Crippen molar-refractivity contribution in [2.24, 2.45) is 11.8 Å². The minimum atomic E-state index is -0.362. The lowest BCUT2D eigenvalue weighted by Crippen LogP contribution is -2.51. The number of rotatable bonds is 6. The van der Waals surface area contributed by atoms with Crippen LogP contribution < -0.4 is 4.74 Å². The Morgan fingerprint density at radius 2 is 1.94 bits per heavy atom. The van der Waals surface area contributed by atoms with E-state index in [1.165, 1.54) is 0 Å². The number of aromatic nitrogens is 1. The summed E-state index contributed by atoms with van der Waals surface area (Å²) in [5.74, 6) is 0.0121. The molecular formula is C27H35N3O5. The maximum Gasteiger partial charge on any atom is 0.259 e. The van der Waals surface area contributed by atoms with E-state index in [1.54, 1.807) is 29.1 Å². The summed E-state index contributed by atoms with van der Waals surface area (Å²) in [5, 5.41) is 9.86. The van der Waals surface area contributed by atoms with Crippen LogP contribution in [-0.2, 0) is 9.53 Å². The molecule has 2 amide bonds. The number of aliphatic hydroxyl groups is 1. The molecular weight excluding hydrogens is 446 g/mol. The van der Waals surface area contributed by atoms with Crippen LogP contribution in [-0.4, -0.2) is 83.8 Å². The van der Waals surface area contributed by atoms with E-state index in [1.807, 2.05) is 44.2 Å². The van der Waals surface area contributed by atoms with Gasteiger partial charge < -0.3 is 24.4 Å². The van der Waals surface area contributed by atoms with Crippen LogP contribution >= 0.6 is 0 Å². The van der Waals surface area contributed by atoms with Crippen LogP contribution in [0.1, 0.15) is 37.0 Å². The standard InChI is InChI=1S/C27H35N3O5/c1-18-15-30(19(2)17-31)27(33)23-13-22(20-7-5-4-6-8-20)14-28-25(23)35-24(18)16-29(3)26(32)21-9-11-34-12-10-21/h4-8,13-14,18-19,21,24,31H,9-12,15-17H2,1-3H3/t18-,19+,24+/m0/s1. The minimum Gasteiger partial charge on any atom is -0.472 e. The molecule has 188 valence electrons. The molecule has 8 heteroatoms. The molecule has 0 saturated carbocycles. The molecule has 1 aromatic carbocycles. The Kier molecular flexibility index (Phi) is 8.03. The number of likely N-dealkylation sites (N-methyl/N-ethyl adjacent to an activating group) is 1. The van der Waals surface area contributed by atoms with Crippen molar-refractivity contribution in [2.45, 2.75) is 38.8 Å². The van der Waals surface area contributed by atoms with Gasteiger partial charge >= 0.3 is 0 Å². The van der Waals surface area contributed by atoms with E-state index < -0.39 is 0 Å². The zero-order chi connectivity index (χ0) is 24.9. The average Bonchev–Trinajstić information content (AvgIpc) is 2.90. The van der Waals surface area contributed by atoms with E-state index in [9.17, 15) is 14.7 Å². The highest BCUT2D eigenvalue weighted by Crippen LogP contribution is 2.30. The van der Waals surface area contributed by atoms with Crippen LogP contribution in [0.3, 0.4) is 0 Å². The van der Waals surface area contributed by atoms with Crippen LogP contribution in [0.15, 0.2) is 42.6 Å². The molecule has 2 aliphatic rings. The lowest BCUT2D eigenvalue weighted by molar-refractivity contribution is -0.138. The number of carbonyl (C=O) groups is 2. The predicted octanol–water partition coefficient (Wildman–Crippen LogP) is 2.85. The number of hydrogen-bond donors (Lipinski definition) is 1. The average molecular weight is 482 g/mol. The maximum atomic E-state index is 13.6. The van der Waals surface area contributed by atoms with Gasteiger partial charge in [0.05, 0.1) is 19.2 Å². The molecule has 1 N–H and O–H groups in total. The van der Waals surface area contributed by atoms with Crippen molar-refractivity contribution < 1.29 is 24.2 Å². The first-order valence-corrected chi connectivity index (χ1v) is 12.4. The monoisotopic (exact) mass is 481 g/mol. The van der Waals surface area contributed by atoms with E-state index in [4.69, 9.17) is 9.47 Å². The Morgan fingerprint density at radius 1 is 1.23 bits per heavy atom. The van der Waals surface area contributed by atoms with Crippen molar-refractivity contribution in [1.82, 2.24) is 14.8 Å². The lowest BCUT2D eigenvalue weighted by Gasteiger charge is -2.38. The third-order valence-electron chi connectivity index (χ3n) is 7.03. The zero-order valence-corrected chi connectivity index (χ0v) is 20.7. The summed E-state index contributed by atoms with van der Waals surface area (Å²) >= 11 is 0. The molecule has 0 unspecified atom stereocenters. The Hall–Kier alpha value is -2.97. The minimum absolute atomic E-state index is 0.0380. The van der Waals surface area contributed by atoms with Gasteiger partial charge in [0, 0.05) is 50.4 Å². The molecule has 1 saturated heterocycles. The fraction of sp³-hybridized carbons (Fsp3) is 0.519. The third-order valence-corrected chi connectivity index (χ3v) is 7.03. The maximum absolute atomic E-state index is 13.6. The molecule has 2 aromatic rings. The number of ether oxygens (including phenoxy) is 2. The van der Waals surface area contributed by atoms with E-state index in [0.717, 1.165) is 24.0 Å². The van der Waals surface area contributed by atoms with Gasteiger partial charge in [-0.15, -0.1) is 0 Å². The van der Waals surface area contributed by atoms with Crippen molar-refractivity contribution in [1.29, 1.82) is 0 Å². The Balaban J connectivity index is 1.64. The molecule has 35 heavy (non-hydrogen) atoms. The molecule has 2 aliphatic heterocycles. The normalized spacial score (nSPS) is 21.9. The fourth-order valence-corrected chi connectivity index (χ4v) is 4.72. The van der Waals surface area contributed by atoms with Gasteiger partial charge in [-0.1, -0.05) is 37.3 Å². The first kappa shape index (κ1) is 25.1. The second kappa shape index (κ2) is 11.2. The Labute approximate surface area is 206 Å². The van der Waals surface area contributed by atoms with Crippen LogP contribution in [0.4, 0.5) is 0 Å². The van der Waals surface area contributed by atoms with Gasteiger partial charge in [-0.3, -0.25) is 9.59 Å². The van der Waals surface area contributed by atoms with Gasteiger partial charge in [-0.25, -0.2) is 4.98 Å². The van der Waals surface area contributed by atoms with Gasteiger partial charge in [-0.2, -0.15) is 0 Å². The number of amides is 2. The largest absolute Gasteiger partial charge is 0.472 e. The molecule has 3 heterocycles. The molecule has 0 bridgehead atoms.